The van der Waals surface area contributed by atoms with E-state index in [0.717, 1.165) is 11.5 Å². The molecule has 2 heteroatoms. The van der Waals surface area contributed by atoms with E-state index in [-0.39, 0.29) is 0 Å². The molecule has 1 aliphatic heterocycles. The molecule has 3 fully saturated rings. The monoisotopic (exact) mass is 236 g/mol. The van der Waals surface area contributed by atoms with Crippen molar-refractivity contribution >= 4 is 0 Å². The topological polar surface area (TPSA) is 15.3 Å². The Bertz CT molecular complexity index is 248. The molecule has 0 aromatic rings. The van der Waals surface area contributed by atoms with Crippen LogP contribution in [0.3, 0.4) is 0 Å². The normalized spacial score (nSPS) is 35.5. The second-order valence-electron chi connectivity index (χ2n) is 6.79. The highest BCUT2D eigenvalue weighted by molar-refractivity contribution is 4.93. The van der Waals surface area contributed by atoms with Crippen molar-refractivity contribution in [3.05, 3.63) is 0 Å². The molecule has 1 saturated heterocycles. The molecular formula is C15H28N2. The Labute approximate surface area is 106 Å². The fourth-order valence-corrected chi connectivity index (χ4v) is 4.50. The zero-order chi connectivity index (χ0) is 11.7. The van der Waals surface area contributed by atoms with E-state index in [1.54, 1.807) is 0 Å². The van der Waals surface area contributed by atoms with Crippen molar-refractivity contribution in [3.8, 4) is 0 Å². The summed E-state index contributed by atoms with van der Waals surface area (Å²) in [6.07, 6.45) is 12.1. The van der Waals surface area contributed by atoms with Crippen LogP contribution in [0.15, 0.2) is 0 Å². The molecule has 3 rings (SSSR count). The van der Waals surface area contributed by atoms with Gasteiger partial charge in [0.05, 0.1) is 0 Å². The van der Waals surface area contributed by atoms with E-state index >= 15 is 0 Å². The van der Waals surface area contributed by atoms with Gasteiger partial charge in [0.1, 0.15) is 0 Å². The predicted molar refractivity (Wildman–Crippen MR) is 72.2 cm³/mol. The van der Waals surface area contributed by atoms with Crippen LogP contribution in [0.1, 0.15) is 58.3 Å². The van der Waals surface area contributed by atoms with Gasteiger partial charge in [0.2, 0.25) is 0 Å². The summed E-state index contributed by atoms with van der Waals surface area (Å²) in [6, 6.07) is 1.61. The third-order valence-electron chi connectivity index (χ3n) is 5.60. The van der Waals surface area contributed by atoms with Gasteiger partial charge in [0, 0.05) is 31.7 Å². The number of hydrogen-bond acceptors (Lipinski definition) is 2. The Hall–Kier alpha value is -0.0800. The Morgan fingerprint density at radius 3 is 2.41 bits per heavy atom. The molecule has 2 aliphatic carbocycles. The predicted octanol–water partition coefficient (Wildman–Crippen LogP) is 2.78. The maximum Gasteiger partial charge on any atom is 0.0167 e. The third-order valence-corrected chi connectivity index (χ3v) is 5.60. The quantitative estimate of drug-likeness (QED) is 0.753. The second kappa shape index (κ2) is 4.89. The summed E-state index contributed by atoms with van der Waals surface area (Å²) in [5.74, 6) is 0. The fourth-order valence-electron chi connectivity index (χ4n) is 4.50. The molecule has 1 spiro atoms. The van der Waals surface area contributed by atoms with Crippen LogP contribution in [0.5, 0.6) is 0 Å². The molecule has 1 unspecified atom stereocenters. The summed E-state index contributed by atoms with van der Waals surface area (Å²) in [5.41, 5.74) is 0.802. The molecule has 0 aromatic heterocycles. The average Bonchev–Trinajstić information content (AvgIpc) is 2.79. The van der Waals surface area contributed by atoms with Crippen LogP contribution in [0.25, 0.3) is 0 Å². The van der Waals surface area contributed by atoms with Gasteiger partial charge in [0.15, 0.2) is 0 Å². The van der Waals surface area contributed by atoms with Crippen LogP contribution in [0, 0.1) is 5.41 Å². The number of nitrogens with zero attached hydrogens (tertiary/aromatic N) is 1. The summed E-state index contributed by atoms with van der Waals surface area (Å²) >= 11 is 0. The lowest BCUT2D eigenvalue weighted by Gasteiger charge is -2.44. The smallest absolute Gasteiger partial charge is 0.0167 e. The number of hydrogen-bond donors (Lipinski definition) is 1. The molecule has 17 heavy (non-hydrogen) atoms. The summed E-state index contributed by atoms with van der Waals surface area (Å²) in [7, 11) is 0. The van der Waals surface area contributed by atoms with Crippen molar-refractivity contribution in [1.29, 1.82) is 0 Å². The van der Waals surface area contributed by atoms with Crippen LogP contribution in [0.2, 0.25) is 0 Å². The van der Waals surface area contributed by atoms with Gasteiger partial charge in [-0.1, -0.05) is 12.8 Å². The summed E-state index contributed by atoms with van der Waals surface area (Å²) in [5, 5.41) is 3.56. The Morgan fingerprint density at radius 2 is 1.76 bits per heavy atom. The number of piperazine rings is 1. The number of rotatable bonds is 1. The Balaban J connectivity index is 1.53. The summed E-state index contributed by atoms with van der Waals surface area (Å²) in [6.45, 7) is 6.08. The van der Waals surface area contributed by atoms with Crippen LogP contribution in [0.4, 0.5) is 0 Å². The van der Waals surface area contributed by atoms with Crippen molar-refractivity contribution in [2.24, 2.45) is 5.41 Å². The zero-order valence-electron chi connectivity index (χ0n) is 11.4. The lowest BCUT2D eigenvalue weighted by Crippen LogP contribution is -2.53. The lowest BCUT2D eigenvalue weighted by molar-refractivity contribution is 0.0723. The average molecular weight is 236 g/mol. The van der Waals surface area contributed by atoms with Crippen LogP contribution < -0.4 is 5.32 Å². The van der Waals surface area contributed by atoms with Gasteiger partial charge in [-0.3, -0.25) is 4.90 Å². The van der Waals surface area contributed by atoms with Crippen molar-refractivity contribution in [3.63, 3.8) is 0 Å². The third kappa shape index (κ3) is 2.53. The highest BCUT2D eigenvalue weighted by atomic mass is 15.2. The maximum atomic E-state index is 3.56. The summed E-state index contributed by atoms with van der Waals surface area (Å²) < 4.78 is 0. The van der Waals surface area contributed by atoms with E-state index in [1.807, 2.05) is 0 Å². The first-order chi connectivity index (χ1) is 8.27. The minimum atomic E-state index is 0.700. The molecule has 0 radical (unpaired) electrons. The zero-order valence-corrected chi connectivity index (χ0v) is 11.4. The van der Waals surface area contributed by atoms with Gasteiger partial charge < -0.3 is 5.32 Å². The van der Waals surface area contributed by atoms with Gasteiger partial charge in [-0.25, -0.2) is 0 Å². The van der Waals surface area contributed by atoms with E-state index < -0.39 is 0 Å². The second-order valence-corrected chi connectivity index (χ2v) is 6.79. The first-order valence-electron chi connectivity index (χ1n) is 7.75. The standard InChI is InChI=1S/C15H28N2/c1-13-12-17(11-10-16-13)14-4-8-15(9-5-14)6-2-3-7-15/h13-14,16H,2-12H2,1H3. The molecule has 1 heterocycles. The fraction of sp³-hybridized carbons (Fsp3) is 1.00. The van der Waals surface area contributed by atoms with Crippen molar-refractivity contribution in [2.45, 2.75) is 70.4 Å². The highest BCUT2D eigenvalue weighted by Crippen LogP contribution is 2.49. The molecule has 3 aliphatic rings. The highest BCUT2D eigenvalue weighted by Gasteiger charge is 2.39. The molecule has 98 valence electrons. The first kappa shape index (κ1) is 12.0. The van der Waals surface area contributed by atoms with Crippen LogP contribution in [-0.2, 0) is 0 Å². The van der Waals surface area contributed by atoms with Crippen molar-refractivity contribution < 1.29 is 0 Å². The van der Waals surface area contributed by atoms with E-state index in [1.165, 1.54) is 71.0 Å². The van der Waals surface area contributed by atoms with Crippen LogP contribution >= 0.6 is 0 Å². The number of nitrogens with one attached hydrogen (secondary N) is 1. The largest absolute Gasteiger partial charge is 0.312 e. The molecule has 1 atom stereocenters. The van der Waals surface area contributed by atoms with E-state index in [9.17, 15) is 0 Å². The first-order valence-corrected chi connectivity index (χ1v) is 7.75. The molecule has 2 saturated carbocycles. The van der Waals surface area contributed by atoms with Gasteiger partial charge in [0.25, 0.3) is 0 Å². The molecule has 0 bridgehead atoms. The van der Waals surface area contributed by atoms with Crippen LogP contribution in [-0.4, -0.2) is 36.6 Å². The van der Waals surface area contributed by atoms with Crippen molar-refractivity contribution in [1.82, 2.24) is 10.2 Å². The van der Waals surface area contributed by atoms with Gasteiger partial charge in [-0.2, -0.15) is 0 Å². The van der Waals surface area contributed by atoms with E-state index in [4.69, 9.17) is 0 Å². The Morgan fingerprint density at radius 1 is 1.06 bits per heavy atom. The molecular weight excluding hydrogens is 208 g/mol. The lowest BCUT2D eigenvalue weighted by atomic mass is 9.71. The van der Waals surface area contributed by atoms with Crippen molar-refractivity contribution in [2.75, 3.05) is 19.6 Å². The Kier molecular flexibility index (Phi) is 3.45. The molecule has 0 amide bonds. The SMILES string of the molecule is CC1CN(C2CCC3(CCCC3)CC2)CCN1. The molecule has 0 aromatic carbocycles. The molecule has 1 N–H and O–H groups in total. The minimum absolute atomic E-state index is 0.700. The maximum absolute atomic E-state index is 3.56. The van der Waals surface area contributed by atoms with E-state index in [2.05, 4.69) is 17.1 Å². The molecule has 2 nitrogen and oxygen atoms in total. The van der Waals surface area contributed by atoms with E-state index in [0.29, 0.717) is 6.04 Å². The van der Waals surface area contributed by atoms with Gasteiger partial charge in [-0.05, 0) is 50.9 Å². The van der Waals surface area contributed by atoms with Gasteiger partial charge >= 0.3 is 0 Å². The summed E-state index contributed by atoms with van der Waals surface area (Å²) in [4.78, 5) is 2.77. The minimum Gasteiger partial charge on any atom is -0.312 e. The van der Waals surface area contributed by atoms with Gasteiger partial charge in [-0.15, -0.1) is 0 Å².